The monoisotopic (exact) mass is 572 g/mol. The number of unbranched alkanes of at least 4 members (excludes halogenated alkanes) is 1. The van der Waals surface area contributed by atoms with Crippen molar-refractivity contribution < 1.29 is 9.47 Å². The fourth-order valence-corrected chi connectivity index (χ4v) is 5.81. The Morgan fingerprint density at radius 1 is 0.952 bits per heavy atom. The maximum atomic E-state index is 9.33. The minimum Gasteiger partial charge on any atom is -0.463 e. The molecule has 0 N–H and O–H groups in total. The van der Waals surface area contributed by atoms with Crippen molar-refractivity contribution in [1.29, 1.82) is 5.26 Å². The number of aryl methyl sites for hydroxylation is 2. The molecule has 6 heteroatoms. The third-order valence-corrected chi connectivity index (χ3v) is 8.10. The summed E-state index contributed by atoms with van der Waals surface area (Å²) in [5, 5.41) is 12.0. The fourth-order valence-electron chi connectivity index (χ4n) is 5.81. The number of hydrogen-bond donors (Lipinski definition) is 0. The molecule has 0 aliphatic heterocycles. The van der Waals surface area contributed by atoms with Crippen molar-refractivity contribution in [2.45, 2.75) is 98.5 Å². The van der Waals surface area contributed by atoms with E-state index in [1.54, 1.807) is 7.11 Å². The highest BCUT2D eigenvalue weighted by Gasteiger charge is 2.21. The number of rotatable bonds is 19. The predicted octanol–water partition coefficient (Wildman–Crippen LogP) is 8.35. The number of ether oxygens (including phenoxy) is 2. The maximum Gasteiger partial charge on any atom is 0.318 e. The van der Waals surface area contributed by atoms with Gasteiger partial charge in [-0.05, 0) is 79.5 Å². The summed E-state index contributed by atoms with van der Waals surface area (Å²) in [6.45, 7) is 13.1. The van der Waals surface area contributed by atoms with Crippen LogP contribution in [0, 0.1) is 23.2 Å². The minimum absolute atomic E-state index is 0.240. The Labute approximate surface area is 254 Å². The zero-order chi connectivity index (χ0) is 30.3. The van der Waals surface area contributed by atoms with E-state index in [-0.39, 0.29) is 12.0 Å². The number of benzene rings is 2. The van der Waals surface area contributed by atoms with Crippen LogP contribution in [-0.2, 0) is 24.0 Å². The maximum absolute atomic E-state index is 9.33. The lowest BCUT2D eigenvalue weighted by atomic mass is 9.98. The molecule has 1 heterocycles. The third kappa shape index (κ3) is 9.70. The minimum atomic E-state index is 0.240. The van der Waals surface area contributed by atoms with E-state index >= 15 is 0 Å². The van der Waals surface area contributed by atoms with Gasteiger partial charge in [-0.2, -0.15) is 15.2 Å². The summed E-state index contributed by atoms with van der Waals surface area (Å²) in [5.41, 5.74) is 3.72. The SMILES string of the molecule is CCCN(C[C@@H](C)CC#N)c1nc(OC[C@@H](C)C[C@H](CC)OC)nc(CC)c1CCCCc1cccc2ccccc12. The van der Waals surface area contributed by atoms with E-state index in [2.05, 4.69) is 88.1 Å². The van der Waals surface area contributed by atoms with Gasteiger partial charge in [0.25, 0.3) is 0 Å². The molecule has 0 saturated carbocycles. The first-order chi connectivity index (χ1) is 20.4. The van der Waals surface area contributed by atoms with Crippen LogP contribution in [-0.4, -0.2) is 42.9 Å². The molecule has 0 unspecified atom stereocenters. The Morgan fingerprint density at radius 2 is 1.71 bits per heavy atom. The van der Waals surface area contributed by atoms with Gasteiger partial charge in [-0.25, -0.2) is 0 Å². The van der Waals surface area contributed by atoms with Crippen molar-refractivity contribution in [3.8, 4) is 12.1 Å². The molecule has 0 bridgehead atoms. The van der Waals surface area contributed by atoms with Gasteiger partial charge in [0.05, 0.1) is 24.5 Å². The van der Waals surface area contributed by atoms with Crippen molar-refractivity contribution in [2.75, 3.05) is 31.7 Å². The van der Waals surface area contributed by atoms with Crippen molar-refractivity contribution in [3.63, 3.8) is 0 Å². The standard InChI is InChI=1S/C36H52N4O2/c1-7-23-40(25-27(4)21-22-37)35-33(20-13-11-16-30-18-14-17-29-15-10-12-19-32(29)30)34(9-3)38-36(39-35)42-26-28(5)24-31(8-2)41-6/h10,12,14-15,17-19,27-28,31H,7-9,11,13,16,20-21,23-26H2,1-6H3/t27-,28-,31-/m0/s1. The highest BCUT2D eigenvalue weighted by Crippen LogP contribution is 2.29. The molecule has 3 aromatic rings. The molecule has 3 atom stereocenters. The van der Waals surface area contributed by atoms with Crippen LogP contribution in [0.15, 0.2) is 42.5 Å². The molecular formula is C36H52N4O2. The summed E-state index contributed by atoms with van der Waals surface area (Å²) in [5.74, 6) is 1.58. The number of anilines is 1. The van der Waals surface area contributed by atoms with Crippen LogP contribution in [0.1, 0.15) is 90.0 Å². The normalized spacial score (nSPS) is 13.5. The van der Waals surface area contributed by atoms with Gasteiger partial charge in [0, 0.05) is 32.2 Å². The molecule has 1 aromatic heterocycles. The second-order valence-electron chi connectivity index (χ2n) is 11.8. The molecule has 3 rings (SSSR count). The van der Waals surface area contributed by atoms with E-state index in [4.69, 9.17) is 19.4 Å². The summed E-state index contributed by atoms with van der Waals surface area (Å²) < 4.78 is 11.8. The first-order valence-electron chi connectivity index (χ1n) is 16.1. The highest BCUT2D eigenvalue weighted by atomic mass is 16.5. The van der Waals surface area contributed by atoms with Crippen LogP contribution in [0.2, 0.25) is 0 Å². The summed E-state index contributed by atoms with van der Waals surface area (Å²) in [7, 11) is 1.78. The lowest BCUT2D eigenvalue weighted by Gasteiger charge is -2.29. The summed E-state index contributed by atoms with van der Waals surface area (Å²) >= 11 is 0. The molecule has 228 valence electrons. The van der Waals surface area contributed by atoms with Crippen molar-refractivity contribution in [1.82, 2.24) is 9.97 Å². The molecular weight excluding hydrogens is 520 g/mol. The van der Waals surface area contributed by atoms with Crippen LogP contribution < -0.4 is 9.64 Å². The number of methoxy groups -OCH3 is 1. The zero-order valence-electron chi connectivity index (χ0n) is 26.9. The van der Waals surface area contributed by atoms with Gasteiger partial charge < -0.3 is 14.4 Å². The van der Waals surface area contributed by atoms with Gasteiger partial charge in [0.15, 0.2) is 0 Å². The van der Waals surface area contributed by atoms with E-state index in [1.807, 2.05) is 0 Å². The van der Waals surface area contributed by atoms with Gasteiger partial charge in [-0.3, -0.25) is 0 Å². The molecule has 6 nitrogen and oxygen atoms in total. The van der Waals surface area contributed by atoms with Crippen molar-refractivity contribution in [2.24, 2.45) is 11.8 Å². The summed E-state index contributed by atoms with van der Waals surface area (Å²) in [6, 6.07) is 18.1. The Morgan fingerprint density at radius 3 is 2.43 bits per heavy atom. The largest absolute Gasteiger partial charge is 0.463 e. The Kier molecular flexibility index (Phi) is 14.1. The molecule has 0 fully saturated rings. The van der Waals surface area contributed by atoms with Crippen LogP contribution in [0.3, 0.4) is 0 Å². The number of fused-ring (bicyclic) bond motifs is 1. The molecule has 0 amide bonds. The van der Waals surface area contributed by atoms with Crippen molar-refractivity contribution >= 4 is 16.6 Å². The van der Waals surface area contributed by atoms with E-state index in [9.17, 15) is 5.26 Å². The van der Waals surface area contributed by atoms with E-state index in [0.29, 0.717) is 25.0 Å². The summed E-state index contributed by atoms with van der Waals surface area (Å²) in [4.78, 5) is 12.4. The highest BCUT2D eigenvalue weighted by molar-refractivity contribution is 5.85. The number of nitriles is 1. The molecule has 2 aromatic carbocycles. The van der Waals surface area contributed by atoms with E-state index < -0.39 is 0 Å². The Bertz CT molecular complexity index is 1260. The number of nitrogens with zero attached hydrogens (tertiary/aromatic N) is 4. The molecule has 0 spiro atoms. The average molecular weight is 573 g/mol. The van der Waals surface area contributed by atoms with E-state index in [0.717, 1.165) is 76.0 Å². The third-order valence-electron chi connectivity index (χ3n) is 8.10. The predicted molar refractivity (Wildman–Crippen MR) is 174 cm³/mol. The molecule has 0 aliphatic carbocycles. The fraction of sp³-hybridized carbons (Fsp3) is 0.583. The van der Waals surface area contributed by atoms with Gasteiger partial charge in [0.1, 0.15) is 5.82 Å². The lowest BCUT2D eigenvalue weighted by Crippen LogP contribution is -2.32. The van der Waals surface area contributed by atoms with Gasteiger partial charge >= 0.3 is 6.01 Å². The second kappa shape index (κ2) is 17.7. The Hall–Kier alpha value is -3.17. The average Bonchev–Trinajstić information content (AvgIpc) is 3.00. The first kappa shape index (κ1) is 33.3. The second-order valence-corrected chi connectivity index (χ2v) is 11.8. The van der Waals surface area contributed by atoms with E-state index in [1.165, 1.54) is 21.9 Å². The van der Waals surface area contributed by atoms with Crippen LogP contribution in [0.4, 0.5) is 5.82 Å². The molecule has 0 radical (unpaired) electrons. The van der Waals surface area contributed by atoms with Gasteiger partial charge in [-0.1, -0.05) is 77.1 Å². The smallest absolute Gasteiger partial charge is 0.318 e. The Balaban J connectivity index is 1.83. The lowest BCUT2D eigenvalue weighted by molar-refractivity contribution is 0.0700. The van der Waals surface area contributed by atoms with Gasteiger partial charge in [-0.15, -0.1) is 0 Å². The number of hydrogen-bond acceptors (Lipinski definition) is 6. The molecule has 0 saturated heterocycles. The topological polar surface area (TPSA) is 71.3 Å². The molecule has 0 aliphatic rings. The number of aromatic nitrogens is 2. The van der Waals surface area contributed by atoms with Crippen LogP contribution in [0.5, 0.6) is 6.01 Å². The van der Waals surface area contributed by atoms with Crippen molar-refractivity contribution in [3.05, 3.63) is 59.3 Å². The van der Waals surface area contributed by atoms with Gasteiger partial charge in [0.2, 0.25) is 0 Å². The first-order valence-corrected chi connectivity index (χ1v) is 16.1. The van der Waals surface area contributed by atoms with Crippen LogP contribution >= 0.6 is 0 Å². The summed E-state index contributed by atoms with van der Waals surface area (Å²) in [6.07, 6.45) is 8.69. The quantitative estimate of drug-likeness (QED) is 0.134. The van der Waals surface area contributed by atoms with Crippen LogP contribution in [0.25, 0.3) is 10.8 Å². The molecule has 42 heavy (non-hydrogen) atoms. The zero-order valence-corrected chi connectivity index (χ0v) is 26.9.